The quantitative estimate of drug-likeness (QED) is 0.831. The average molecular weight is 231 g/mol. The Morgan fingerprint density at radius 1 is 1.53 bits per heavy atom. The minimum Gasteiger partial charge on any atom is -0.376 e. The standard InChI is InChI=1S/C10H12ClFN2O/c1-2-13-10(15)6-14-7-3-4-9(12)8(11)5-7/h3-5,14H,2,6H2,1H3,(H,13,15). The fraction of sp³-hybridized carbons (Fsp3) is 0.300. The maximum absolute atomic E-state index is 12.8. The SMILES string of the molecule is CCNC(=O)CNc1ccc(F)c(Cl)c1. The van der Waals surface area contributed by atoms with Gasteiger partial charge in [-0.15, -0.1) is 0 Å². The Bertz CT molecular complexity index is 357. The van der Waals surface area contributed by atoms with Crippen molar-refractivity contribution in [1.29, 1.82) is 0 Å². The van der Waals surface area contributed by atoms with Gasteiger partial charge in [-0.25, -0.2) is 4.39 Å². The zero-order chi connectivity index (χ0) is 11.3. The summed E-state index contributed by atoms with van der Waals surface area (Å²) in [5.41, 5.74) is 0.618. The van der Waals surface area contributed by atoms with E-state index in [1.165, 1.54) is 18.2 Å². The number of amides is 1. The molecule has 82 valence electrons. The molecule has 0 saturated heterocycles. The highest BCUT2D eigenvalue weighted by atomic mass is 35.5. The van der Waals surface area contributed by atoms with Crippen molar-refractivity contribution in [3.05, 3.63) is 29.0 Å². The normalized spacial score (nSPS) is 9.80. The molecule has 0 aromatic heterocycles. The number of anilines is 1. The van der Waals surface area contributed by atoms with E-state index in [2.05, 4.69) is 10.6 Å². The third kappa shape index (κ3) is 3.75. The van der Waals surface area contributed by atoms with Gasteiger partial charge in [-0.05, 0) is 25.1 Å². The van der Waals surface area contributed by atoms with Gasteiger partial charge in [0.2, 0.25) is 5.91 Å². The third-order valence-electron chi connectivity index (χ3n) is 1.75. The van der Waals surface area contributed by atoms with Gasteiger partial charge in [0.1, 0.15) is 5.82 Å². The van der Waals surface area contributed by atoms with E-state index in [-0.39, 0.29) is 17.5 Å². The fourth-order valence-electron chi connectivity index (χ4n) is 1.05. The highest BCUT2D eigenvalue weighted by molar-refractivity contribution is 6.31. The molecule has 5 heteroatoms. The van der Waals surface area contributed by atoms with Crippen LogP contribution in [0.15, 0.2) is 18.2 Å². The van der Waals surface area contributed by atoms with Crippen LogP contribution < -0.4 is 10.6 Å². The van der Waals surface area contributed by atoms with E-state index >= 15 is 0 Å². The minimum atomic E-state index is -0.472. The van der Waals surface area contributed by atoms with Gasteiger partial charge in [0.15, 0.2) is 0 Å². The Labute approximate surface area is 92.6 Å². The molecule has 0 aliphatic heterocycles. The molecule has 0 bridgehead atoms. The number of carbonyl (C=O) groups excluding carboxylic acids is 1. The van der Waals surface area contributed by atoms with Crippen molar-refractivity contribution >= 4 is 23.2 Å². The molecule has 0 spiro atoms. The molecule has 0 saturated carbocycles. The second-order valence-electron chi connectivity index (χ2n) is 2.94. The molecular weight excluding hydrogens is 219 g/mol. The van der Waals surface area contributed by atoms with Crippen molar-refractivity contribution in [2.75, 3.05) is 18.4 Å². The summed E-state index contributed by atoms with van der Waals surface area (Å²) in [6.45, 7) is 2.58. The highest BCUT2D eigenvalue weighted by Gasteiger charge is 2.02. The molecule has 0 atom stereocenters. The van der Waals surface area contributed by atoms with Crippen LogP contribution in [0.4, 0.5) is 10.1 Å². The molecule has 1 aromatic carbocycles. The molecule has 0 heterocycles. The van der Waals surface area contributed by atoms with Crippen LogP contribution in [0.3, 0.4) is 0 Å². The zero-order valence-electron chi connectivity index (χ0n) is 8.31. The van der Waals surface area contributed by atoms with Gasteiger partial charge in [-0.1, -0.05) is 11.6 Å². The number of carbonyl (C=O) groups is 1. The molecule has 1 amide bonds. The molecule has 0 radical (unpaired) electrons. The average Bonchev–Trinajstić information content (AvgIpc) is 2.20. The van der Waals surface area contributed by atoms with E-state index < -0.39 is 5.82 Å². The molecule has 1 aromatic rings. The van der Waals surface area contributed by atoms with E-state index in [0.29, 0.717) is 12.2 Å². The summed E-state index contributed by atoms with van der Waals surface area (Å²) in [6.07, 6.45) is 0. The van der Waals surface area contributed by atoms with Crippen molar-refractivity contribution in [2.24, 2.45) is 0 Å². The van der Waals surface area contributed by atoms with Gasteiger partial charge >= 0.3 is 0 Å². The number of halogens is 2. The first-order valence-electron chi connectivity index (χ1n) is 4.59. The van der Waals surface area contributed by atoms with E-state index in [1.807, 2.05) is 6.92 Å². The molecule has 0 fully saturated rings. The molecule has 0 unspecified atom stereocenters. The van der Waals surface area contributed by atoms with E-state index in [4.69, 9.17) is 11.6 Å². The van der Waals surface area contributed by atoms with Gasteiger partial charge < -0.3 is 10.6 Å². The molecule has 3 nitrogen and oxygen atoms in total. The van der Waals surface area contributed by atoms with Gasteiger partial charge in [0.05, 0.1) is 11.6 Å². The van der Waals surface area contributed by atoms with Crippen LogP contribution in [0.25, 0.3) is 0 Å². The van der Waals surface area contributed by atoms with Crippen molar-refractivity contribution in [3.63, 3.8) is 0 Å². The number of hydrogen-bond acceptors (Lipinski definition) is 2. The summed E-state index contributed by atoms with van der Waals surface area (Å²) >= 11 is 5.57. The van der Waals surface area contributed by atoms with Crippen LogP contribution in [-0.2, 0) is 4.79 Å². The van der Waals surface area contributed by atoms with Gasteiger partial charge in [-0.3, -0.25) is 4.79 Å². The second-order valence-corrected chi connectivity index (χ2v) is 3.34. The number of rotatable bonds is 4. The van der Waals surface area contributed by atoms with Crippen molar-refractivity contribution in [3.8, 4) is 0 Å². The largest absolute Gasteiger partial charge is 0.376 e. The summed E-state index contributed by atoms with van der Waals surface area (Å²) in [5, 5.41) is 5.51. The predicted octanol–water partition coefficient (Wildman–Crippen LogP) is 2.03. The first-order chi connectivity index (χ1) is 7.13. The van der Waals surface area contributed by atoms with Gasteiger partial charge in [0, 0.05) is 12.2 Å². The predicted molar refractivity (Wildman–Crippen MR) is 58.6 cm³/mol. The van der Waals surface area contributed by atoms with Crippen molar-refractivity contribution in [1.82, 2.24) is 5.32 Å². The lowest BCUT2D eigenvalue weighted by Gasteiger charge is -2.06. The number of benzene rings is 1. The first kappa shape index (κ1) is 11.8. The molecule has 0 aliphatic carbocycles. The lowest BCUT2D eigenvalue weighted by Crippen LogP contribution is -2.29. The number of likely N-dealkylation sites (N-methyl/N-ethyl adjacent to an activating group) is 1. The smallest absolute Gasteiger partial charge is 0.239 e. The maximum atomic E-state index is 12.8. The van der Waals surface area contributed by atoms with Crippen LogP contribution >= 0.6 is 11.6 Å². The van der Waals surface area contributed by atoms with E-state index in [0.717, 1.165) is 0 Å². The van der Waals surface area contributed by atoms with Gasteiger partial charge in [0.25, 0.3) is 0 Å². The zero-order valence-corrected chi connectivity index (χ0v) is 9.07. The molecule has 15 heavy (non-hydrogen) atoms. The summed E-state index contributed by atoms with van der Waals surface area (Å²) < 4.78 is 12.8. The maximum Gasteiger partial charge on any atom is 0.239 e. The molecule has 0 aliphatic rings. The van der Waals surface area contributed by atoms with Crippen LogP contribution in [-0.4, -0.2) is 19.0 Å². The lowest BCUT2D eigenvalue weighted by molar-refractivity contribution is -0.119. The van der Waals surface area contributed by atoms with Crippen LogP contribution in [0.2, 0.25) is 5.02 Å². The Hall–Kier alpha value is -1.29. The summed E-state index contributed by atoms with van der Waals surface area (Å²) in [4.78, 5) is 11.1. The van der Waals surface area contributed by atoms with Crippen molar-refractivity contribution in [2.45, 2.75) is 6.92 Å². The lowest BCUT2D eigenvalue weighted by atomic mass is 10.3. The first-order valence-corrected chi connectivity index (χ1v) is 4.97. The van der Waals surface area contributed by atoms with E-state index in [9.17, 15) is 9.18 Å². The number of hydrogen-bond donors (Lipinski definition) is 2. The molecule has 1 rings (SSSR count). The fourth-order valence-corrected chi connectivity index (χ4v) is 1.23. The van der Waals surface area contributed by atoms with Crippen LogP contribution in [0.5, 0.6) is 0 Å². The Morgan fingerprint density at radius 2 is 2.27 bits per heavy atom. The summed E-state index contributed by atoms with van der Waals surface area (Å²) in [7, 11) is 0. The molecular formula is C10H12ClFN2O. The topological polar surface area (TPSA) is 41.1 Å². The summed E-state index contributed by atoms with van der Waals surface area (Å²) in [6, 6.07) is 4.22. The number of nitrogens with one attached hydrogen (secondary N) is 2. The Balaban J connectivity index is 2.51. The second kappa shape index (κ2) is 5.56. The monoisotopic (exact) mass is 230 g/mol. The van der Waals surface area contributed by atoms with Gasteiger partial charge in [-0.2, -0.15) is 0 Å². The van der Waals surface area contributed by atoms with Crippen LogP contribution in [0.1, 0.15) is 6.92 Å². The van der Waals surface area contributed by atoms with E-state index in [1.54, 1.807) is 0 Å². The van der Waals surface area contributed by atoms with Crippen molar-refractivity contribution < 1.29 is 9.18 Å². The summed E-state index contributed by atoms with van der Waals surface area (Å²) in [5.74, 6) is -0.585. The highest BCUT2D eigenvalue weighted by Crippen LogP contribution is 2.18. The minimum absolute atomic E-state index is 0.0379. The Kier molecular flexibility index (Phi) is 4.37. The third-order valence-corrected chi connectivity index (χ3v) is 2.04. The van der Waals surface area contributed by atoms with Crippen LogP contribution in [0, 0.1) is 5.82 Å². The Morgan fingerprint density at radius 3 is 2.87 bits per heavy atom. The molecule has 2 N–H and O–H groups in total.